The van der Waals surface area contributed by atoms with Crippen molar-refractivity contribution in [1.82, 2.24) is 19.2 Å². The van der Waals surface area contributed by atoms with E-state index in [4.69, 9.17) is 0 Å². The fourth-order valence-electron chi connectivity index (χ4n) is 3.56. The smallest absolute Gasteiger partial charge is 0.329 e. The number of nitrogens with zero attached hydrogens (tertiary/aromatic N) is 2. The van der Waals surface area contributed by atoms with Crippen molar-refractivity contribution in [1.29, 1.82) is 0 Å². The highest BCUT2D eigenvalue weighted by atomic mass is 32.2. The summed E-state index contributed by atoms with van der Waals surface area (Å²) in [5.41, 5.74) is 3.02. The third-order valence-electron chi connectivity index (χ3n) is 5.18. The van der Waals surface area contributed by atoms with Crippen LogP contribution >= 0.6 is 0 Å². The lowest BCUT2D eigenvalue weighted by atomic mass is 10.2. The number of hydrogen-bond acceptors (Lipinski definition) is 4. The normalized spacial score (nSPS) is 11.7. The molecule has 3 rings (SSSR count). The van der Waals surface area contributed by atoms with E-state index in [0.29, 0.717) is 12.1 Å². The number of aromatic nitrogens is 2. The number of para-hydroxylation sites is 2. The van der Waals surface area contributed by atoms with Gasteiger partial charge in [-0.15, -0.1) is 0 Å². The molecule has 0 radical (unpaired) electrons. The second-order valence-corrected chi connectivity index (χ2v) is 9.17. The van der Waals surface area contributed by atoms with Crippen molar-refractivity contribution in [3.05, 3.63) is 64.1 Å². The zero-order valence-electron chi connectivity index (χ0n) is 18.0. The van der Waals surface area contributed by atoms with Gasteiger partial charge in [-0.3, -0.25) is 13.9 Å². The van der Waals surface area contributed by atoms with Crippen LogP contribution in [0.5, 0.6) is 0 Å². The highest BCUT2D eigenvalue weighted by Crippen LogP contribution is 2.16. The summed E-state index contributed by atoms with van der Waals surface area (Å²) < 4.78 is 30.8. The molecule has 1 aromatic heterocycles. The van der Waals surface area contributed by atoms with Crippen molar-refractivity contribution < 1.29 is 13.2 Å². The standard InChI is InChI=1S/C22H28N4O4S/c1-4-25-18-7-5-6-8-19(18)26(22(25)28)14-11-21(27)23-12-13-24-31(29,30)20-15-16(2)9-10-17(20)3/h5-10,15,24H,4,11-14H2,1-3H3,(H,23,27). The Morgan fingerprint density at radius 3 is 2.35 bits per heavy atom. The van der Waals surface area contributed by atoms with E-state index < -0.39 is 10.0 Å². The van der Waals surface area contributed by atoms with E-state index in [9.17, 15) is 18.0 Å². The Hall–Kier alpha value is -2.91. The molecule has 0 fully saturated rings. The molecule has 2 N–H and O–H groups in total. The fourth-order valence-corrected chi connectivity index (χ4v) is 4.92. The van der Waals surface area contributed by atoms with Crippen molar-refractivity contribution in [3.8, 4) is 0 Å². The average molecular weight is 445 g/mol. The molecule has 1 heterocycles. The molecule has 0 spiro atoms. The van der Waals surface area contributed by atoms with Crippen molar-refractivity contribution in [2.24, 2.45) is 0 Å². The highest BCUT2D eigenvalue weighted by Gasteiger charge is 2.17. The molecule has 0 saturated heterocycles. The summed E-state index contributed by atoms with van der Waals surface area (Å²) in [6, 6.07) is 12.7. The average Bonchev–Trinajstić information content (AvgIpc) is 3.01. The van der Waals surface area contributed by atoms with Crippen molar-refractivity contribution in [2.45, 2.75) is 45.2 Å². The molecule has 0 unspecified atom stereocenters. The molecule has 0 aliphatic rings. The fraction of sp³-hybridized carbons (Fsp3) is 0.364. The van der Waals surface area contributed by atoms with Gasteiger partial charge in [0.25, 0.3) is 0 Å². The monoisotopic (exact) mass is 444 g/mol. The van der Waals surface area contributed by atoms with Gasteiger partial charge in [0.2, 0.25) is 15.9 Å². The predicted molar refractivity (Wildman–Crippen MR) is 121 cm³/mol. The number of sulfonamides is 1. The Kier molecular flexibility index (Phi) is 6.97. The second kappa shape index (κ2) is 9.49. The minimum atomic E-state index is -3.65. The number of carbonyl (C=O) groups is 1. The topological polar surface area (TPSA) is 102 Å². The van der Waals surface area contributed by atoms with Crippen LogP contribution in [0.4, 0.5) is 0 Å². The van der Waals surface area contributed by atoms with Crippen molar-refractivity contribution in [2.75, 3.05) is 13.1 Å². The maximum Gasteiger partial charge on any atom is 0.329 e. The summed E-state index contributed by atoms with van der Waals surface area (Å²) >= 11 is 0. The van der Waals surface area contributed by atoms with E-state index in [1.807, 2.05) is 44.2 Å². The summed E-state index contributed by atoms with van der Waals surface area (Å²) in [5.74, 6) is -0.244. The molecular weight excluding hydrogens is 416 g/mol. The first-order valence-corrected chi connectivity index (χ1v) is 11.7. The van der Waals surface area contributed by atoms with E-state index in [0.717, 1.165) is 16.6 Å². The number of carbonyl (C=O) groups excluding carboxylic acids is 1. The molecule has 166 valence electrons. The van der Waals surface area contributed by atoms with Gasteiger partial charge in [0, 0.05) is 32.6 Å². The number of fused-ring (bicyclic) bond motifs is 1. The van der Waals surface area contributed by atoms with Gasteiger partial charge in [-0.2, -0.15) is 0 Å². The van der Waals surface area contributed by atoms with E-state index in [2.05, 4.69) is 10.0 Å². The molecule has 8 nitrogen and oxygen atoms in total. The number of nitrogens with one attached hydrogen (secondary N) is 2. The molecule has 3 aromatic rings. The largest absolute Gasteiger partial charge is 0.355 e. The maximum absolute atomic E-state index is 12.6. The van der Waals surface area contributed by atoms with Gasteiger partial charge in [0.05, 0.1) is 15.9 Å². The molecule has 0 bridgehead atoms. The second-order valence-electron chi connectivity index (χ2n) is 7.43. The first-order valence-electron chi connectivity index (χ1n) is 10.3. The van der Waals surface area contributed by atoms with Crippen LogP contribution in [0.2, 0.25) is 0 Å². The highest BCUT2D eigenvalue weighted by molar-refractivity contribution is 7.89. The zero-order chi connectivity index (χ0) is 22.6. The summed E-state index contributed by atoms with van der Waals surface area (Å²) in [5, 5.41) is 2.70. The summed E-state index contributed by atoms with van der Waals surface area (Å²) in [6.07, 6.45) is 0.126. The minimum absolute atomic E-state index is 0.0799. The number of hydrogen-bond donors (Lipinski definition) is 2. The lowest BCUT2D eigenvalue weighted by Crippen LogP contribution is -2.35. The first kappa shape index (κ1) is 22.8. The van der Waals surface area contributed by atoms with E-state index in [1.54, 1.807) is 28.2 Å². The third kappa shape index (κ3) is 5.05. The SMILES string of the molecule is CCn1c(=O)n(CCC(=O)NCCNS(=O)(=O)c2cc(C)ccc2C)c2ccccc21. The summed E-state index contributed by atoms with van der Waals surface area (Å²) in [7, 11) is -3.65. The Labute approximate surface area is 181 Å². The maximum atomic E-state index is 12.6. The van der Waals surface area contributed by atoms with E-state index in [-0.39, 0.29) is 42.5 Å². The Morgan fingerprint density at radius 2 is 1.68 bits per heavy atom. The minimum Gasteiger partial charge on any atom is -0.355 e. The molecule has 1 amide bonds. The quantitative estimate of drug-likeness (QED) is 0.492. The first-order chi connectivity index (χ1) is 14.7. The van der Waals surface area contributed by atoms with Crippen LogP contribution in [0.15, 0.2) is 52.2 Å². The Bertz CT molecular complexity index is 1260. The van der Waals surface area contributed by atoms with Crippen LogP contribution in [0.1, 0.15) is 24.5 Å². The van der Waals surface area contributed by atoms with Gasteiger partial charge < -0.3 is 5.32 Å². The summed E-state index contributed by atoms with van der Waals surface area (Å²) in [4.78, 5) is 25.1. The molecule has 0 aliphatic carbocycles. The number of amides is 1. The summed E-state index contributed by atoms with van der Waals surface area (Å²) in [6.45, 7) is 6.54. The molecule has 2 aromatic carbocycles. The van der Waals surface area contributed by atoms with Crippen LogP contribution in [0, 0.1) is 13.8 Å². The number of benzene rings is 2. The van der Waals surface area contributed by atoms with Gasteiger partial charge in [-0.1, -0.05) is 24.3 Å². The lowest BCUT2D eigenvalue weighted by Gasteiger charge is -2.11. The van der Waals surface area contributed by atoms with Crippen LogP contribution in [-0.4, -0.2) is 36.5 Å². The van der Waals surface area contributed by atoms with Crippen LogP contribution < -0.4 is 15.7 Å². The molecule has 0 atom stereocenters. The Morgan fingerprint density at radius 1 is 1.00 bits per heavy atom. The van der Waals surface area contributed by atoms with Gasteiger partial charge >= 0.3 is 5.69 Å². The molecule has 9 heteroatoms. The third-order valence-corrected chi connectivity index (χ3v) is 6.78. The lowest BCUT2D eigenvalue weighted by molar-refractivity contribution is -0.121. The van der Waals surface area contributed by atoms with Gasteiger partial charge in [0.15, 0.2) is 0 Å². The van der Waals surface area contributed by atoms with Gasteiger partial charge in [-0.05, 0) is 50.1 Å². The number of rotatable bonds is 9. The zero-order valence-corrected chi connectivity index (χ0v) is 18.8. The van der Waals surface area contributed by atoms with Crippen LogP contribution in [0.3, 0.4) is 0 Å². The Balaban J connectivity index is 1.54. The number of imidazole rings is 1. The van der Waals surface area contributed by atoms with Gasteiger partial charge in [-0.25, -0.2) is 17.9 Å². The van der Waals surface area contributed by atoms with E-state index >= 15 is 0 Å². The number of aryl methyl sites for hydroxylation is 4. The van der Waals surface area contributed by atoms with Crippen LogP contribution in [-0.2, 0) is 27.9 Å². The van der Waals surface area contributed by atoms with Crippen molar-refractivity contribution in [3.63, 3.8) is 0 Å². The predicted octanol–water partition coefficient (Wildman–Crippen LogP) is 1.92. The molecular formula is C22H28N4O4S. The molecule has 0 aliphatic heterocycles. The van der Waals surface area contributed by atoms with Gasteiger partial charge in [0.1, 0.15) is 0 Å². The molecule has 31 heavy (non-hydrogen) atoms. The van der Waals surface area contributed by atoms with E-state index in [1.165, 1.54) is 0 Å². The van der Waals surface area contributed by atoms with Crippen LogP contribution in [0.25, 0.3) is 11.0 Å². The van der Waals surface area contributed by atoms with Crippen molar-refractivity contribution >= 4 is 27.0 Å². The molecule has 0 saturated carbocycles.